The summed E-state index contributed by atoms with van der Waals surface area (Å²) in [4.78, 5) is 0. The van der Waals surface area contributed by atoms with Gasteiger partial charge in [-0.25, -0.2) is 0 Å². The Balaban J connectivity index is 1.53. The van der Waals surface area contributed by atoms with Crippen LogP contribution in [0.4, 0.5) is 0 Å². The molecule has 1 aliphatic carbocycles. The van der Waals surface area contributed by atoms with Crippen LogP contribution in [-0.2, 0) is 12.0 Å². The van der Waals surface area contributed by atoms with Gasteiger partial charge in [-0.05, 0) is 35.4 Å². The summed E-state index contributed by atoms with van der Waals surface area (Å²) < 4.78 is 0. The highest BCUT2D eigenvalue weighted by Gasteiger charge is 2.23. The first kappa shape index (κ1) is 14.3. The molecule has 1 heteroatoms. The molecule has 21 heavy (non-hydrogen) atoms. The number of rotatable bonds is 6. The third-order valence-corrected chi connectivity index (χ3v) is 4.48. The quantitative estimate of drug-likeness (QED) is 0.813. The van der Waals surface area contributed by atoms with Crippen molar-refractivity contribution < 1.29 is 0 Å². The van der Waals surface area contributed by atoms with E-state index in [4.69, 9.17) is 0 Å². The normalized spacial score (nSPS) is 15.1. The van der Waals surface area contributed by atoms with Crippen LogP contribution in [0.1, 0.15) is 49.3 Å². The van der Waals surface area contributed by atoms with Gasteiger partial charge in [0.1, 0.15) is 0 Å². The van der Waals surface area contributed by atoms with Gasteiger partial charge >= 0.3 is 0 Å². The minimum atomic E-state index is 0.162. The smallest absolute Gasteiger partial charge is 0.0205 e. The third kappa shape index (κ3) is 3.74. The second-order valence-corrected chi connectivity index (χ2v) is 6.87. The lowest BCUT2D eigenvalue weighted by Crippen LogP contribution is -2.32. The second kappa shape index (κ2) is 6.03. The highest BCUT2D eigenvalue weighted by molar-refractivity contribution is 5.28. The number of hydrogen-bond donors (Lipinski definition) is 1. The van der Waals surface area contributed by atoms with E-state index < -0.39 is 0 Å². The van der Waals surface area contributed by atoms with E-state index in [0.29, 0.717) is 0 Å². The third-order valence-electron chi connectivity index (χ3n) is 4.48. The number of hydrogen-bond acceptors (Lipinski definition) is 1. The molecule has 0 spiro atoms. The molecule has 2 aromatic carbocycles. The zero-order valence-corrected chi connectivity index (χ0v) is 13.1. The molecule has 0 atom stereocenters. The first-order chi connectivity index (χ1) is 10.1. The molecule has 3 rings (SSSR count). The van der Waals surface area contributed by atoms with Crippen molar-refractivity contribution in [3.63, 3.8) is 0 Å². The van der Waals surface area contributed by atoms with Crippen molar-refractivity contribution in [2.75, 3.05) is 6.54 Å². The van der Waals surface area contributed by atoms with E-state index in [9.17, 15) is 0 Å². The first-order valence-electron chi connectivity index (χ1n) is 8.00. The summed E-state index contributed by atoms with van der Waals surface area (Å²) in [5, 5.41) is 3.60. The van der Waals surface area contributed by atoms with Gasteiger partial charge in [0.15, 0.2) is 0 Å². The molecule has 0 amide bonds. The summed E-state index contributed by atoms with van der Waals surface area (Å²) in [5.41, 5.74) is 4.45. The van der Waals surface area contributed by atoms with Crippen LogP contribution in [-0.4, -0.2) is 6.54 Å². The Labute approximate surface area is 128 Å². The molecule has 0 heterocycles. The van der Waals surface area contributed by atoms with Gasteiger partial charge in [-0.1, -0.05) is 68.4 Å². The van der Waals surface area contributed by atoms with Crippen molar-refractivity contribution in [1.29, 1.82) is 0 Å². The average Bonchev–Trinajstić information content (AvgIpc) is 3.33. The van der Waals surface area contributed by atoms with Gasteiger partial charge in [0.05, 0.1) is 0 Å². The standard InChI is InChI=1S/C20H25N/c1-20(2,19-6-4-3-5-7-19)15-21-14-16-8-10-17(11-9-16)18-12-13-18/h3-11,18,21H,12-15H2,1-2H3. The Kier molecular flexibility index (Phi) is 4.12. The van der Waals surface area contributed by atoms with Gasteiger partial charge in [0.25, 0.3) is 0 Å². The molecular formula is C20H25N. The lowest BCUT2D eigenvalue weighted by Gasteiger charge is -2.25. The molecule has 0 aromatic heterocycles. The molecule has 1 nitrogen and oxygen atoms in total. The predicted molar refractivity (Wildman–Crippen MR) is 89.6 cm³/mol. The van der Waals surface area contributed by atoms with Crippen LogP contribution >= 0.6 is 0 Å². The molecule has 0 radical (unpaired) electrons. The molecule has 0 saturated heterocycles. The van der Waals surface area contributed by atoms with E-state index >= 15 is 0 Å². The topological polar surface area (TPSA) is 12.0 Å². The molecular weight excluding hydrogens is 254 g/mol. The first-order valence-corrected chi connectivity index (χ1v) is 8.00. The monoisotopic (exact) mass is 279 g/mol. The minimum absolute atomic E-state index is 0.162. The molecule has 110 valence electrons. The zero-order valence-electron chi connectivity index (χ0n) is 13.1. The Morgan fingerprint density at radius 1 is 0.952 bits per heavy atom. The summed E-state index contributed by atoms with van der Waals surface area (Å²) in [6, 6.07) is 19.9. The maximum absolute atomic E-state index is 3.60. The number of nitrogens with one attached hydrogen (secondary N) is 1. The molecule has 0 bridgehead atoms. The SMILES string of the molecule is CC(C)(CNCc1ccc(C2CC2)cc1)c1ccccc1. The van der Waals surface area contributed by atoms with Gasteiger partial charge < -0.3 is 5.32 Å². The van der Waals surface area contributed by atoms with Crippen molar-refractivity contribution in [2.45, 2.75) is 44.6 Å². The van der Waals surface area contributed by atoms with Crippen LogP contribution in [0.2, 0.25) is 0 Å². The van der Waals surface area contributed by atoms with Crippen LogP contribution < -0.4 is 5.32 Å². The summed E-state index contributed by atoms with van der Waals surface area (Å²) in [6.07, 6.45) is 2.76. The molecule has 1 aliphatic rings. The van der Waals surface area contributed by atoms with Gasteiger partial charge in [-0.2, -0.15) is 0 Å². The average molecular weight is 279 g/mol. The van der Waals surface area contributed by atoms with Crippen LogP contribution in [0.15, 0.2) is 54.6 Å². The highest BCUT2D eigenvalue weighted by Crippen LogP contribution is 2.39. The Bertz CT molecular complexity index is 565. The summed E-state index contributed by atoms with van der Waals surface area (Å²) >= 11 is 0. The van der Waals surface area contributed by atoms with Gasteiger partial charge in [-0.3, -0.25) is 0 Å². The largest absolute Gasteiger partial charge is 0.312 e. The van der Waals surface area contributed by atoms with E-state index in [2.05, 4.69) is 73.8 Å². The lowest BCUT2D eigenvalue weighted by atomic mass is 9.84. The van der Waals surface area contributed by atoms with E-state index in [1.807, 2.05) is 0 Å². The summed E-state index contributed by atoms with van der Waals surface area (Å²) in [7, 11) is 0. The number of benzene rings is 2. The fourth-order valence-electron chi connectivity index (χ4n) is 2.84. The van der Waals surface area contributed by atoms with E-state index in [-0.39, 0.29) is 5.41 Å². The van der Waals surface area contributed by atoms with Crippen LogP contribution in [0.5, 0.6) is 0 Å². The molecule has 1 saturated carbocycles. The van der Waals surface area contributed by atoms with Gasteiger partial charge in [0.2, 0.25) is 0 Å². The second-order valence-electron chi connectivity index (χ2n) is 6.87. The lowest BCUT2D eigenvalue weighted by molar-refractivity contribution is 0.469. The van der Waals surface area contributed by atoms with Gasteiger partial charge in [-0.15, -0.1) is 0 Å². The van der Waals surface area contributed by atoms with E-state index in [1.165, 1.54) is 29.5 Å². The Hall–Kier alpha value is -1.60. The Morgan fingerprint density at radius 2 is 1.62 bits per heavy atom. The van der Waals surface area contributed by atoms with Crippen LogP contribution in [0.3, 0.4) is 0 Å². The van der Waals surface area contributed by atoms with Crippen molar-refractivity contribution in [1.82, 2.24) is 5.32 Å². The van der Waals surface area contributed by atoms with E-state index in [0.717, 1.165) is 19.0 Å². The van der Waals surface area contributed by atoms with E-state index in [1.54, 1.807) is 0 Å². The molecule has 0 aliphatic heterocycles. The van der Waals surface area contributed by atoms with Crippen molar-refractivity contribution in [2.24, 2.45) is 0 Å². The maximum Gasteiger partial charge on any atom is 0.0205 e. The highest BCUT2D eigenvalue weighted by atomic mass is 14.9. The maximum atomic E-state index is 3.60. The molecule has 1 fully saturated rings. The van der Waals surface area contributed by atoms with Crippen molar-refractivity contribution >= 4 is 0 Å². The minimum Gasteiger partial charge on any atom is -0.312 e. The molecule has 0 unspecified atom stereocenters. The summed E-state index contributed by atoms with van der Waals surface area (Å²) in [6.45, 7) is 6.53. The summed E-state index contributed by atoms with van der Waals surface area (Å²) in [5.74, 6) is 0.851. The molecule has 2 aromatic rings. The van der Waals surface area contributed by atoms with Crippen molar-refractivity contribution in [3.8, 4) is 0 Å². The Morgan fingerprint density at radius 3 is 2.24 bits per heavy atom. The predicted octanol–water partition coefficient (Wildman–Crippen LogP) is 4.63. The zero-order chi connectivity index (χ0) is 14.7. The molecule has 1 N–H and O–H groups in total. The van der Waals surface area contributed by atoms with Gasteiger partial charge in [0, 0.05) is 18.5 Å². The fraction of sp³-hybridized carbons (Fsp3) is 0.400. The van der Waals surface area contributed by atoms with Crippen LogP contribution in [0, 0.1) is 0 Å². The van der Waals surface area contributed by atoms with Crippen LogP contribution in [0.25, 0.3) is 0 Å². The fourth-order valence-corrected chi connectivity index (χ4v) is 2.84. The van der Waals surface area contributed by atoms with Crippen molar-refractivity contribution in [3.05, 3.63) is 71.3 Å².